The number of hydrogen-bond donors (Lipinski definition) is 0. The summed E-state index contributed by atoms with van der Waals surface area (Å²) in [5.41, 5.74) is 2.43. The van der Waals surface area contributed by atoms with Crippen molar-refractivity contribution in [2.45, 2.75) is 0 Å². The first kappa shape index (κ1) is 14.9. The van der Waals surface area contributed by atoms with Crippen LogP contribution in [0.1, 0.15) is 11.1 Å². The van der Waals surface area contributed by atoms with Crippen molar-refractivity contribution in [2.24, 2.45) is 0 Å². The number of benzene rings is 2. The van der Waals surface area contributed by atoms with Crippen molar-refractivity contribution in [1.82, 2.24) is 0 Å². The maximum atomic E-state index is 3.21. The van der Waals surface area contributed by atoms with Crippen molar-refractivity contribution in [1.29, 1.82) is 0 Å². The normalized spacial score (nSPS) is 10.3. The molecule has 2 heteroatoms. The Morgan fingerprint density at radius 1 is 0.556 bits per heavy atom. The van der Waals surface area contributed by atoms with Crippen molar-refractivity contribution in [3.8, 4) is 0 Å². The molecule has 0 nitrogen and oxygen atoms in total. The van der Waals surface area contributed by atoms with E-state index in [1.807, 2.05) is 58.5 Å². The predicted octanol–water partition coefficient (Wildman–Crippen LogP) is 6.10. The maximum Gasteiger partial charge on any atom is -0.0183 e. The van der Waals surface area contributed by atoms with E-state index in [1.165, 1.54) is 11.1 Å². The third kappa shape index (κ3) is 6.58. The zero-order valence-corrected chi connectivity index (χ0v) is 13.0. The molecule has 0 saturated carbocycles. The Kier molecular flexibility index (Phi) is 8.19. The van der Waals surface area contributed by atoms with Gasteiger partial charge in [-0.3, -0.25) is 0 Å². The molecule has 0 heterocycles. The average Bonchev–Trinajstić information content (AvgIpc) is 2.43. The summed E-state index contributed by atoms with van der Waals surface area (Å²) in [5.74, 6) is 0. The summed E-state index contributed by atoms with van der Waals surface area (Å²) in [7, 11) is 0. The molecule has 0 aliphatic heterocycles. The molecule has 0 amide bonds. The molecule has 18 heavy (non-hydrogen) atoms. The van der Waals surface area contributed by atoms with Crippen molar-refractivity contribution >= 4 is 44.0 Å². The highest BCUT2D eigenvalue weighted by atomic mass is 79.9. The first-order valence-electron chi connectivity index (χ1n) is 5.50. The molecule has 0 N–H and O–H groups in total. The Morgan fingerprint density at radius 2 is 0.889 bits per heavy atom. The number of rotatable bonds is 2. The smallest absolute Gasteiger partial charge is 0.0183 e. The third-order valence-corrected chi connectivity index (χ3v) is 2.64. The second kappa shape index (κ2) is 9.86. The van der Waals surface area contributed by atoms with Crippen LogP contribution in [0.5, 0.6) is 0 Å². The van der Waals surface area contributed by atoms with E-state index in [0.29, 0.717) is 0 Å². The van der Waals surface area contributed by atoms with Gasteiger partial charge in [-0.1, -0.05) is 92.5 Å². The third-order valence-electron chi connectivity index (χ3n) is 2.11. The summed E-state index contributed by atoms with van der Waals surface area (Å²) in [6.07, 6.45) is 4.00. The van der Waals surface area contributed by atoms with Crippen LogP contribution in [-0.4, -0.2) is 0 Å². The van der Waals surface area contributed by atoms with Gasteiger partial charge in [0.25, 0.3) is 0 Å². The van der Waals surface area contributed by atoms with Crippen LogP contribution in [0.15, 0.2) is 70.6 Å². The van der Waals surface area contributed by atoms with E-state index in [0.717, 1.165) is 0 Å². The largest absolute Gasteiger partial charge is 0.0622 e. The van der Waals surface area contributed by atoms with Crippen LogP contribution in [0.4, 0.5) is 0 Å². The fourth-order valence-electron chi connectivity index (χ4n) is 1.27. The molecule has 2 rings (SSSR count). The van der Waals surface area contributed by atoms with Crippen molar-refractivity contribution < 1.29 is 0 Å². The zero-order valence-electron chi connectivity index (χ0n) is 9.84. The van der Waals surface area contributed by atoms with E-state index in [1.54, 1.807) is 0 Å². The van der Waals surface area contributed by atoms with Gasteiger partial charge in [0.05, 0.1) is 0 Å². The average molecular weight is 366 g/mol. The summed E-state index contributed by atoms with van der Waals surface area (Å²) >= 11 is 6.41. The summed E-state index contributed by atoms with van der Waals surface area (Å²) in [6.45, 7) is 0. The molecule has 0 bridgehead atoms. The lowest BCUT2D eigenvalue weighted by atomic mass is 10.2. The van der Waals surface area contributed by atoms with Crippen LogP contribution in [0, 0.1) is 0 Å². The van der Waals surface area contributed by atoms with Gasteiger partial charge in [-0.2, -0.15) is 0 Å². The minimum Gasteiger partial charge on any atom is -0.0622 e. The molecule has 0 aliphatic rings. The van der Waals surface area contributed by atoms with Gasteiger partial charge in [-0.05, 0) is 33.2 Å². The van der Waals surface area contributed by atoms with E-state index in [9.17, 15) is 0 Å². The van der Waals surface area contributed by atoms with E-state index >= 15 is 0 Å². The minimum atomic E-state index is 1.22. The fourth-order valence-corrected chi connectivity index (χ4v) is 1.88. The standard InChI is InChI=1S/2C8H7Br/c2*9-7-6-8-4-2-1-3-5-8/h2*1-7H. The SMILES string of the molecule is BrC=Cc1ccccc1.BrC=Cc1ccccc1. The predicted molar refractivity (Wildman–Crippen MR) is 88.8 cm³/mol. The van der Waals surface area contributed by atoms with Gasteiger partial charge >= 0.3 is 0 Å². The van der Waals surface area contributed by atoms with Crippen LogP contribution in [-0.2, 0) is 0 Å². The van der Waals surface area contributed by atoms with Crippen molar-refractivity contribution in [3.05, 3.63) is 81.8 Å². The quantitative estimate of drug-likeness (QED) is 0.602. The monoisotopic (exact) mass is 364 g/mol. The molecule has 2 aromatic carbocycles. The van der Waals surface area contributed by atoms with Gasteiger partial charge in [0.1, 0.15) is 0 Å². The van der Waals surface area contributed by atoms with E-state index < -0.39 is 0 Å². The Morgan fingerprint density at radius 3 is 1.17 bits per heavy atom. The molecule has 0 spiro atoms. The Balaban J connectivity index is 0.000000180. The van der Waals surface area contributed by atoms with Crippen LogP contribution < -0.4 is 0 Å². The zero-order chi connectivity index (χ0) is 13.1. The summed E-state index contributed by atoms with van der Waals surface area (Å²) in [6, 6.07) is 20.3. The Hall–Kier alpha value is -1.12. The topological polar surface area (TPSA) is 0 Å². The fraction of sp³-hybridized carbons (Fsp3) is 0. The molecule has 0 fully saturated rings. The Bertz CT molecular complexity index is 425. The Labute approximate surface area is 125 Å². The number of halogens is 2. The molecule has 0 radical (unpaired) electrons. The van der Waals surface area contributed by atoms with Crippen LogP contribution in [0.3, 0.4) is 0 Å². The van der Waals surface area contributed by atoms with Crippen LogP contribution >= 0.6 is 31.9 Å². The van der Waals surface area contributed by atoms with Gasteiger partial charge in [-0.25, -0.2) is 0 Å². The second-order valence-electron chi connectivity index (χ2n) is 3.41. The lowest BCUT2D eigenvalue weighted by molar-refractivity contribution is 1.67. The van der Waals surface area contributed by atoms with Gasteiger partial charge < -0.3 is 0 Å². The molecule has 0 saturated heterocycles. The molecule has 0 unspecified atom stereocenters. The van der Waals surface area contributed by atoms with E-state index in [2.05, 4.69) is 56.1 Å². The second-order valence-corrected chi connectivity index (χ2v) is 4.46. The van der Waals surface area contributed by atoms with Gasteiger partial charge in [-0.15, -0.1) is 0 Å². The highest BCUT2D eigenvalue weighted by Gasteiger charge is 1.78. The summed E-state index contributed by atoms with van der Waals surface area (Å²) in [5, 5.41) is 0. The van der Waals surface area contributed by atoms with Gasteiger partial charge in [0.2, 0.25) is 0 Å². The van der Waals surface area contributed by atoms with Crippen molar-refractivity contribution in [3.63, 3.8) is 0 Å². The van der Waals surface area contributed by atoms with Crippen LogP contribution in [0.2, 0.25) is 0 Å². The lowest BCUT2D eigenvalue weighted by Gasteiger charge is -1.86. The highest BCUT2D eigenvalue weighted by molar-refractivity contribution is 9.11. The maximum absolute atomic E-state index is 3.21. The summed E-state index contributed by atoms with van der Waals surface area (Å²) in [4.78, 5) is 3.70. The molecule has 0 atom stereocenters. The summed E-state index contributed by atoms with van der Waals surface area (Å²) < 4.78 is 0. The molecular weight excluding hydrogens is 352 g/mol. The highest BCUT2D eigenvalue weighted by Crippen LogP contribution is 2.02. The van der Waals surface area contributed by atoms with E-state index in [-0.39, 0.29) is 0 Å². The minimum absolute atomic E-state index is 1.22. The molecule has 2 aromatic rings. The van der Waals surface area contributed by atoms with Gasteiger partial charge in [0.15, 0.2) is 0 Å². The van der Waals surface area contributed by atoms with Gasteiger partial charge in [0, 0.05) is 0 Å². The number of hydrogen-bond acceptors (Lipinski definition) is 0. The first-order valence-corrected chi connectivity index (χ1v) is 7.33. The van der Waals surface area contributed by atoms with E-state index in [4.69, 9.17) is 0 Å². The first-order chi connectivity index (χ1) is 8.86. The molecule has 0 aliphatic carbocycles. The molecular formula is C16H14Br2. The molecule has 0 aromatic heterocycles. The lowest BCUT2D eigenvalue weighted by Crippen LogP contribution is -1.64. The van der Waals surface area contributed by atoms with Crippen LogP contribution in [0.25, 0.3) is 12.2 Å². The molecule has 92 valence electrons. The van der Waals surface area contributed by atoms with Crippen molar-refractivity contribution in [2.75, 3.05) is 0 Å².